The quantitative estimate of drug-likeness (QED) is 0.243. The average Bonchev–Trinajstić information content (AvgIpc) is 2.77. The molecule has 3 aromatic rings. The van der Waals surface area contributed by atoms with Crippen LogP contribution in [0.3, 0.4) is 0 Å². The standard InChI is InChI=1S/C21H17ClN2O5S/c22-19(21(25)16-11-5-2-6-12-16)20(15-9-3-1-4-10-15)23-30(28,29)18-14-8-7-13-17(18)24(26)27/h1-14,19-20,23H/t19-,20-/m1/s1. The lowest BCUT2D eigenvalue weighted by Crippen LogP contribution is -2.38. The van der Waals surface area contributed by atoms with Crippen LogP contribution < -0.4 is 4.72 Å². The number of nitro groups is 1. The number of Topliss-reactive ketones (excluding diaryl/α,β-unsaturated/α-hetero) is 1. The van der Waals surface area contributed by atoms with Gasteiger partial charge in [0.1, 0.15) is 5.38 Å². The summed E-state index contributed by atoms with van der Waals surface area (Å²) in [6.07, 6.45) is 0. The van der Waals surface area contributed by atoms with Gasteiger partial charge < -0.3 is 0 Å². The zero-order valence-corrected chi connectivity index (χ0v) is 17.1. The molecular weight excluding hydrogens is 428 g/mol. The molecular formula is C21H17ClN2O5S. The lowest BCUT2D eigenvalue weighted by atomic mass is 9.98. The van der Waals surface area contributed by atoms with Gasteiger partial charge in [-0.2, -0.15) is 0 Å². The van der Waals surface area contributed by atoms with E-state index in [1.54, 1.807) is 60.7 Å². The van der Waals surface area contributed by atoms with E-state index in [1.165, 1.54) is 12.1 Å². The van der Waals surface area contributed by atoms with E-state index in [2.05, 4.69) is 4.72 Å². The fraction of sp³-hybridized carbons (Fsp3) is 0.0952. The third-order valence-corrected chi connectivity index (χ3v) is 6.33. The number of carbonyl (C=O) groups is 1. The van der Waals surface area contributed by atoms with Crippen molar-refractivity contribution in [1.82, 2.24) is 4.72 Å². The minimum absolute atomic E-state index is 0.323. The second-order valence-electron chi connectivity index (χ2n) is 6.37. The Morgan fingerprint density at radius 2 is 1.43 bits per heavy atom. The van der Waals surface area contributed by atoms with Crippen LogP contribution in [0.1, 0.15) is 22.0 Å². The summed E-state index contributed by atoms with van der Waals surface area (Å²) in [7, 11) is -4.37. The number of carbonyl (C=O) groups excluding carboxylic acids is 1. The van der Waals surface area contributed by atoms with E-state index in [-0.39, 0.29) is 0 Å². The van der Waals surface area contributed by atoms with Crippen molar-refractivity contribution in [3.63, 3.8) is 0 Å². The molecule has 0 spiro atoms. The smallest absolute Gasteiger partial charge is 0.289 e. The van der Waals surface area contributed by atoms with Gasteiger partial charge in [0, 0.05) is 11.6 Å². The zero-order chi connectivity index (χ0) is 21.7. The van der Waals surface area contributed by atoms with Crippen LogP contribution in [0.2, 0.25) is 0 Å². The monoisotopic (exact) mass is 444 g/mol. The Kier molecular flexibility index (Phi) is 6.61. The number of nitro benzene ring substituents is 1. The second kappa shape index (κ2) is 9.17. The van der Waals surface area contributed by atoms with Crippen LogP contribution in [0.15, 0.2) is 89.8 Å². The summed E-state index contributed by atoms with van der Waals surface area (Å²) in [6.45, 7) is 0. The predicted molar refractivity (Wildman–Crippen MR) is 113 cm³/mol. The molecule has 0 aliphatic heterocycles. The highest BCUT2D eigenvalue weighted by atomic mass is 35.5. The number of benzene rings is 3. The first-order valence-electron chi connectivity index (χ1n) is 8.85. The molecule has 30 heavy (non-hydrogen) atoms. The van der Waals surface area contributed by atoms with Crippen LogP contribution in [0.4, 0.5) is 5.69 Å². The number of nitrogens with zero attached hydrogens (tertiary/aromatic N) is 1. The molecule has 0 amide bonds. The highest BCUT2D eigenvalue weighted by Gasteiger charge is 2.34. The number of hydrogen-bond acceptors (Lipinski definition) is 5. The van der Waals surface area contributed by atoms with Crippen LogP contribution in [-0.4, -0.2) is 24.5 Å². The molecule has 0 saturated heterocycles. The molecule has 3 aromatic carbocycles. The molecule has 7 nitrogen and oxygen atoms in total. The van der Waals surface area contributed by atoms with Gasteiger partial charge in [-0.1, -0.05) is 72.8 Å². The first kappa shape index (κ1) is 21.6. The van der Waals surface area contributed by atoms with Crippen molar-refractivity contribution in [2.75, 3.05) is 0 Å². The summed E-state index contributed by atoms with van der Waals surface area (Å²) in [6, 6.07) is 20.4. The van der Waals surface area contributed by atoms with Crippen molar-refractivity contribution in [1.29, 1.82) is 0 Å². The molecule has 0 aliphatic rings. The summed E-state index contributed by atoms with van der Waals surface area (Å²) in [4.78, 5) is 22.9. The van der Waals surface area contributed by atoms with Gasteiger partial charge in [-0.3, -0.25) is 14.9 Å². The molecule has 9 heteroatoms. The van der Waals surface area contributed by atoms with Gasteiger partial charge in [-0.15, -0.1) is 11.6 Å². The van der Waals surface area contributed by atoms with Gasteiger partial charge in [0.2, 0.25) is 10.0 Å². The molecule has 0 aliphatic carbocycles. The van der Waals surface area contributed by atoms with Gasteiger partial charge in [0.05, 0.1) is 11.0 Å². The molecule has 1 N–H and O–H groups in total. The SMILES string of the molecule is O=C(c1ccccc1)[C@H](Cl)[C@H](NS(=O)(=O)c1ccccc1[N+](=O)[O-])c1ccccc1. The Balaban J connectivity index is 2.02. The number of rotatable bonds is 8. The number of sulfonamides is 1. The minimum Gasteiger partial charge on any atom is -0.292 e. The van der Waals surface area contributed by atoms with E-state index in [1.807, 2.05) is 0 Å². The van der Waals surface area contributed by atoms with E-state index >= 15 is 0 Å². The Morgan fingerprint density at radius 1 is 0.900 bits per heavy atom. The Bertz CT molecular complexity index is 1150. The van der Waals surface area contributed by atoms with Crippen molar-refractivity contribution in [3.8, 4) is 0 Å². The predicted octanol–water partition coefficient (Wildman–Crippen LogP) is 4.10. The van der Waals surface area contributed by atoms with Crippen molar-refractivity contribution in [2.45, 2.75) is 16.3 Å². The average molecular weight is 445 g/mol. The maximum Gasteiger partial charge on any atom is 0.289 e. The topological polar surface area (TPSA) is 106 Å². The molecule has 0 bridgehead atoms. The zero-order valence-electron chi connectivity index (χ0n) is 15.5. The second-order valence-corrected chi connectivity index (χ2v) is 8.52. The number of hydrogen-bond donors (Lipinski definition) is 1. The van der Waals surface area contributed by atoms with Gasteiger partial charge in [0.25, 0.3) is 5.69 Å². The normalized spacial score (nSPS) is 13.4. The number of alkyl halides is 1. The lowest BCUT2D eigenvalue weighted by molar-refractivity contribution is -0.387. The summed E-state index contributed by atoms with van der Waals surface area (Å²) in [5.74, 6) is -0.476. The van der Waals surface area contributed by atoms with E-state index in [4.69, 9.17) is 11.6 Å². The number of nitrogens with one attached hydrogen (secondary N) is 1. The molecule has 0 heterocycles. The maximum atomic E-state index is 13.0. The summed E-state index contributed by atoms with van der Waals surface area (Å²) in [5, 5.41) is 10.00. The Morgan fingerprint density at radius 3 is 2.03 bits per heavy atom. The molecule has 0 saturated carbocycles. The summed E-state index contributed by atoms with van der Waals surface area (Å²) >= 11 is 6.45. The van der Waals surface area contributed by atoms with E-state index in [9.17, 15) is 23.3 Å². The number of para-hydroxylation sites is 1. The minimum atomic E-state index is -4.37. The highest BCUT2D eigenvalue weighted by molar-refractivity contribution is 7.89. The van der Waals surface area contributed by atoms with Gasteiger partial charge in [-0.05, 0) is 11.6 Å². The molecule has 0 fully saturated rings. The summed E-state index contributed by atoms with van der Waals surface area (Å²) < 4.78 is 28.4. The lowest BCUT2D eigenvalue weighted by Gasteiger charge is -2.23. The fourth-order valence-electron chi connectivity index (χ4n) is 2.94. The van der Waals surface area contributed by atoms with Gasteiger partial charge >= 0.3 is 0 Å². The highest BCUT2D eigenvalue weighted by Crippen LogP contribution is 2.29. The molecule has 2 atom stereocenters. The number of halogens is 1. The van der Waals surface area contributed by atoms with Crippen LogP contribution >= 0.6 is 11.6 Å². The van der Waals surface area contributed by atoms with Crippen molar-refractivity contribution in [3.05, 3.63) is 106 Å². The van der Waals surface area contributed by atoms with E-state index in [0.717, 1.165) is 12.1 Å². The molecule has 0 aromatic heterocycles. The molecule has 0 unspecified atom stereocenters. The van der Waals surface area contributed by atoms with Crippen LogP contribution in [0.25, 0.3) is 0 Å². The number of ketones is 1. The van der Waals surface area contributed by atoms with Crippen molar-refractivity contribution >= 4 is 33.1 Å². The largest absolute Gasteiger partial charge is 0.292 e. The third-order valence-electron chi connectivity index (χ3n) is 4.39. The van der Waals surface area contributed by atoms with Crippen molar-refractivity contribution < 1.29 is 18.1 Å². The first-order valence-corrected chi connectivity index (χ1v) is 10.8. The first-order chi connectivity index (χ1) is 14.3. The maximum absolute atomic E-state index is 13.0. The molecule has 154 valence electrons. The Labute approximate surface area is 178 Å². The van der Waals surface area contributed by atoms with Crippen LogP contribution in [0.5, 0.6) is 0 Å². The van der Waals surface area contributed by atoms with Gasteiger partial charge in [-0.25, -0.2) is 13.1 Å². The van der Waals surface area contributed by atoms with Gasteiger partial charge in [0.15, 0.2) is 10.7 Å². The van der Waals surface area contributed by atoms with Crippen LogP contribution in [-0.2, 0) is 10.0 Å². The molecule has 0 radical (unpaired) electrons. The van der Waals surface area contributed by atoms with E-state index in [0.29, 0.717) is 11.1 Å². The van der Waals surface area contributed by atoms with E-state index < -0.39 is 42.7 Å². The fourth-order valence-corrected chi connectivity index (χ4v) is 4.75. The molecule has 3 rings (SSSR count). The van der Waals surface area contributed by atoms with Crippen LogP contribution in [0, 0.1) is 10.1 Å². The van der Waals surface area contributed by atoms with Crippen molar-refractivity contribution in [2.24, 2.45) is 0 Å². The summed E-state index contributed by atoms with van der Waals surface area (Å²) in [5.41, 5.74) is 0.199. The Hall–Kier alpha value is -3.07. The third kappa shape index (κ3) is 4.73.